The van der Waals surface area contributed by atoms with Gasteiger partial charge in [0.15, 0.2) is 0 Å². The normalized spacial score (nSPS) is 18.5. The van der Waals surface area contributed by atoms with E-state index in [2.05, 4.69) is 13.8 Å². The molecule has 110 valence electrons. The number of hydrogen-bond donors (Lipinski definition) is 1. The molecule has 1 aliphatic rings. The SMILES string of the molecule is CCOC(=O)C1CCN(C(=O)[C@@H](N)CC(C)C)CC1. The van der Waals surface area contributed by atoms with Crippen molar-refractivity contribution in [2.45, 2.75) is 46.1 Å². The third-order valence-electron chi connectivity index (χ3n) is 3.47. The van der Waals surface area contributed by atoms with E-state index in [1.54, 1.807) is 4.90 Å². The van der Waals surface area contributed by atoms with Crippen LogP contribution in [0.3, 0.4) is 0 Å². The Labute approximate surface area is 115 Å². The molecule has 1 heterocycles. The molecule has 1 aliphatic heterocycles. The molecule has 0 spiro atoms. The summed E-state index contributed by atoms with van der Waals surface area (Å²) in [5.74, 6) is 0.221. The zero-order valence-electron chi connectivity index (χ0n) is 12.2. The standard InChI is InChI=1S/C14H26N2O3/c1-4-19-14(18)11-5-7-16(8-6-11)13(17)12(15)9-10(2)3/h10-12H,4-9,15H2,1-3H3/t12-/m0/s1. The summed E-state index contributed by atoms with van der Waals surface area (Å²) in [6, 6.07) is -0.417. The van der Waals surface area contributed by atoms with E-state index >= 15 is 0 Å². The number of ether oxygens (including phenoxy) is 1. The molecule has 5 nitrogen and oxygen atoms in total. The third kappa shape index (κ3) is 4.82. The Morgan fingerprint density at radius 3 is 2.37 bits per heavy atom. The summed E-state index contributed by atoms with van der Waals surface area (Å²) in [6.07, 6.45) is 2.06. The molecule has 1 atom stereocenters. The summed E-state index contributed by atoms with van der Waals surface area (Å²) < 4.78 is 5.01. The van der Waals surface area contributed by atoms with E-state index in [0.717, 1.165) is 0 Å². The predicted octanol–water partition coefficient (Wildman–Crippen LogP) is 1.16. The van der Waals surface area contributed by atoms with Gasteiger partial charge in [-0.25, -0.2) is 0 Å². The minimum atomic E-state index is -0.417. The summed E-state index contributed by atoms with van der Waals surface area (Å²) in [5, 5.41) is 0. The van der Waals surface area contributed by atoms with Crippen LogP contribution in [0.4, 0.5) is 0 Å². The van der Waals surface area contributed by atoms with Gasteiger partial charge in [0.1, 0.15) is 0 Å². The van der Waals surface area contributed by atoms with Crippen LogP contribution < -0.4 is 5.73 Å². The van der Waals surface area contributed by atoms with Gasteiger partial charge in [-0.05, 0) is 32.1 Å². The van der Waals surface area contributed by atoms with Crippen molar-refractivity contribution < 1.29 is 14.3 Å². The van der Waals surface area contributed by atoms with Gasteiger partial charge in [0.05, 0.1) is 18.6 Å². The van der Waals surface area contributed by atoms with Crippen LogP contribution in [0.15, 0.2) is 0 Å². The summed E-state index contributed by atoms with van der Waals surface area (Å²) >= 11 is 0. The molecule has 0 bridgehead atoms. The minimum absolute atomic E-state index is 0.0102. The fraction of sp³-hybridized carbons (Fsp3) is 0.857. The Kier molecular flexibility index (Phi) is 6.28. The number of nitrogens with two attached hydrogens (primary N) is 1. The predicted molar refractivity (Wildman–Crippen MR) is 73.4 cm³/mol. The van der Waals surface area contributed by atoms with E-state index < -0.39 is 6.04 Å². The molecule has 0 aromatic heterocycles. The van der Waals surface area contributed by atoms with Crippen LogP contribution in [-0.4, -0.2) is 42.5 Å². The molecule has 1 saturated heterocycles. The van der Waals surface area contributed by atoms with Gasteiger partial charge in [0.2, 0.25) is 5.91 Å². The largest absolute Gasteiger partial charge is 0.466 e. The van der Waals surface area contributed by atoms with Gasteiger partial charge >= 0.3 is 5.97 Å². The monoisotopic (exact) mass is 270 g/mol. The van der Waals surface area contributed by atoms with Gasteiger partial charge in [-0.1, -0.05) is 13.8 Å². The molecule has 1 rings (SSSR count). The van der Waals surface area contributed by atoms with Crippen molar-refractivity contribution >= 4 is 11.9 Å². The highest BCUT2D eigenvalue weighted by atomic mass is 16.5. The van der Waals surface area contributed by atoms with Crippen LogP contribution >= 0.6 is 0 Å². The van der Waals surface area contributed by atoms with Gasteiger partial charge in [0, 0.05) is 13.1 Å². The number of carbonyl (C=O) groups is 2. The highest BCUT2D eigenvalue weighted by Gasteiger charge is 2.30. The first-order valence-corrected chi connectivity index (χ1v) is 7.16. The zero-order chi connectivity index (χ0) is 14.4. The number of esters is 1. The Bertz CT molecular complexity index is 310. The molecule has 0 aromatic rings. The van der Waals surface area contributed by atoms with E-state index in [1.165, 1.54) is 0 Å². The molecule has 19 heavy (non-hydrogen) atoms. The fourth-order valence-electron chi connectivity index (χ4n) is 2.44. The summed E-state index contributed by atoms with van der Waals surface area (Å²) in [6.45, 7) is 7.54. The van der Waals surface area contributed by atoms with Crippen LogP contribution in [0.1, 0.15) is 40.0 Å². The van der Waals surface area contributed by atoms with Crippen LogP contribution in [0.5, 0.6) is 0 Å². The average molecular weight is 270 g/mol. The van der Waals surface area contributed by atoms with E-state index in [4.69, 9.17) is 10.5 Å². The maximum Gasteiger partial charge on any atom is 0.309 e. The van der Waals surface area contributed by atoms with E-state index in [0.29, 0.717) is 44.9 Å². The first-order valence-electron chi connectivity index (χ1n) is 7.16. The Morgan fingerprint density at radius 1 is 1.32 bits per heavy atom. The molecule has 1 amide bonds. The number of hydrogen-bond acceptors (Lipinski definition) is 4. The topological polar surface area (TPSA) is 72.6 Å². The van der Waals surface area contributed by atoms with E-state index in [9.17, 15) is 9.59 Å². The molecular weight excluding hydrogens is 244 g/mol. The second-order valence-corrected chi connectivity index (χ2v) is 5.59. The van der Waals surface area contributed by atoms with E-state index in [-0.39, 0.29) is 17.8 Å². The molecular formula is C14H26N2O3. The first kappa shape index (κ1) is 16.0. The summed E-state index contributed by atoms with van der Waals surface area (Å²) in [5.41, 5.74) is 5.91. The van der Waals surface area contributed by atoms with Gasteiger partial charge in [-0.3, -0.25) is 9.59 Å². The lowest BCUT2D eigenvalue weighted by atomic mass is 9.95. The number of amides is 1. The lowest BCUT2D eigenvalue weighted by Crippen LogP contribution is -2.48. The van der Waals surface area contributed by atoms with E-state index in [1.807, 2.05) is 6.92 Å². The molecule has 0 aliphatic carbocycles. The van der Waals surface area contributed by atoms with Crippen molar-refractivity contribution in [2.24, 2.45) is 17.6 Å². The molecule has 0 unspecified atom stereocenters. The van der Waals surface area contributed by atoms with Crippen LogP contribution in [0, 0.1) is 11.8 Å². The van der Waals surface area contributed by atoms with Crippen LogP contribution in [0.2, 0.25) is 0 Å². The Morgan fingerprint density at radius 2 is 1.89 bits per heavy atom. The molecule has 2 N–H and O–H groups in total. The molecule has 0 saturated carbocycles. The van der Waals surface area contributed by atoms with Gasteiger partial charge < -0.3 is 15.4 Å². The summed E-state index contributed by atoms with van der Waals surface area (Å²) in [7, 11) is 0. The zero-order valence-corrected chi connectivity index (χ0v) is 12.2. The second-order valence-electron chi connectivity index (χ2n) is 5.59. The van der Waals surface area contributed by atoms with Crippen molar-refractivity contribution in [3.63, 3.8) is 0 Å². The van der Waals surface area contributed by atoms with Crippen molar-refractivity contribution in [3.8, 4) is 0 Å². The lowest BCUT2D eigenvalue weighted by molar-refractivity contribution is -0.151. The lowest BCUT2D eigenvalue weighted by Gasteiger charge is -2.32. The maximum atomic E-state index is 12.1. The number of piperidine rings is 1. The van der Waals surface area contributed by atoms with Crippen molar-refractivity contribution in [2.75, 3.05) is 19.7 Å². The molecule has 0 radical (unpaired) electrons. The van der Waals surface area contributed by atoms with Gasteiger partial charge in [0.25, 0.3) is 0 Å². The smallest absolute Gasteiger partial charge is 0.309 e. The quantitative estimate of drug-likeness (QED) is 0.761. The maximum absolute atomic E-state index is 12.1. The summed E-state index contributed by atoms with van der Waals surface area (Å²) in [4.78, 5) is 25.5. The highest BCUT2D eigenvalue weighted by Crippen LogP contribution is 2.19. The minimum Gasteiger partial charge on any atom is -0.466 e. The van der Waals surface area contributed by atoms with Crippen LogP contribution in [0.25, 0.3) is 0 Å². The average Bonchev–Trinajstić information content (AvgIpc) is 2.37. The number of rotatable bonds is 5. The van der Waals surface area contributed by atoms with Gasteiger partial charge in [-0.2, -0.15) is 0 Å². The van der Waals surface area contributed by atoms with Crippen LogP contribution in [-0.2, 0) is 14.3 Å². The van der Waals surface area contributed by atoms with Gasteiger partial charge in [-0.15, -0.1) is 0 Å². The number of carbonyl (C=O) groups excluding carboxylic acids is 2. The molecule has 1 fully saturated rings. The fourth-order valence-corrected chi connectivity index (χ4v) is 2.44. The van der Waals surface area contributed by atoms with Crippen molar-refractivity contribution in [1.82, 2.24) is 4.90 Å². The second kappa shape index (κ2) is 7.48. The van der Waals surface area contributed by atoms with Crippen molar-refractivity contribution in [3.05, 3.63) is 0 Å². The number of likely N-dealkylation sites (tertiary alicyclic amines) is 1. The number of nitrogens with zero attached hydrogens (tertiary/aromatic N) is 1. The first-order chi connectivity index (χ1) is 8.95. The highest BCUT2D eigenvalue weighted by molar-refractivity contribution is 5.82. The molecule has 0 aromatic carbocycles. The molecule has 5 heteroatoms. The third-order valence-corrected chi connectivity index (χ3v) is 3.47. The van der Waals surface area contributed by atoms with Crippen molar-refractivity contribution in [1.29, 1.82) is 0 Å². The Hall–Kier alpha value is -1.10. The Balaban J connectivity index is 2.40.